The molecular weight excluding hydrogens is 732 g/mol. The number of rotatable bonds is 17. The second kappa shape index (κ2) is 18.6. The van der Waals surface area contributed by atoms with Gasteiger partial charge in [0.05, 0.1) is 51.5 Å². The molecule has 6 rings (SSSR count). The molecule has 4 atom stereocenters. The standard InChI is InChI=1S/C43H49N4O6PS/c1-30(2)47(31(3)4)54(51-27-11-24-44)53-39-28-41(46-26-23-38-37(42(46)55)14-10-25-45-38)52-40(39)29-50-43(32-12-8-7-9-13-32,33-15-19-35(48-5)20-16-33)34-17-21-36(49-6)22-18-34/h7-10,12-23,25-26,30-31,39-41H,11,27-29H2,1-6H3/t39-,40+,41+,54?/m0/s1. The summed E-state index contributed by atoms with van der Waals surface area (Å²) in [5.74, 6) is 1.48. The first-order valence-electron chi connectivity index (χ1n) is 18.5. The van der Waals surface area contributed by atoms with Gasteiger partial charge >= 0.3 is 0 Å². The lowest BCUT2D eigenvalue weighted by Gasteiger charge is -2.39. The van der Waals surface area contributed by atoms with E-state index in [4.69, 9.17) is 40.2 Å². The second-order valence-electron chi connectivity index (χ2n) is 13.8. The Kier molecular flexibility index (Phi) is 13.7. The minimum Gasteiger partial charge on any atom is -0.497 e. The zero-order chi connectivity index (χ0) is 39.0. The van der Waals surface area contributed by atoms with Crippen LogP contribution in [0.4, 0.5) is 0 Å². The Morgan fingerprint density at radius 1 is 0.891 bits per heavy atom. The quantitative estimate of drug-likeness (QED) is 0.0393. The van der Waals surface area contributed by atoms with Crippen molar-refractivity contribution in [3.8, 4) is 17.6 Å². The number of hydrogen-bond acceptors (Lipinski definition) is 10. The SMILES string of the molecule is COc1ccc(C(OC[C@H]2O[C@@H](n3ccc4ncccc4c3=S)C[C@@H]2OP(OCCC#N)N(C(C)C)C(C)C)(c2ccccc2)c2ccc(OC)cc2)cc1. The second-order valence-corrected chi connectivity index (χ2v) is 15.6. The van der Waals surface area contributed by atoms with Crippen molar-refractivity contribution in [1.29, 1.82) is 5.26 Å². The predicted octanol–water partition coefficient (Wildman–Crippen LogP) is 9.74. The Balaban J connectivity index is 1.44. The van der Waals surface area contributed by atoms with Crippen LogP contribution >= 0.6 is 20.7 Å². The van der Waals surface area contributed by atoms with Crippen LogP contribution < -0.4 is 9.47 Å². The maximum absolute atomic E-state index is 9.37. The van der Waals surface area contributed by atoms with Crippen molar-refractivity contribution in [2.75, 3.05) is 27.4 Å². The van der Waals surface area contributed by atoms with E-state index in [-0.39, 0.29) is 31.7 Å². The average molecular weight is 781 g/mol. The van der Waals surface area contributed by atoms with Gasteiger partial charge < -0.3 is 32.6 Å². The average Bonchev–Trinajstić information content (AvgIpc) is 3.60. The van der Waals surface area contributed by atoms with E-state index in [9.17, 15) is 5.26 Å². The summed E-state index contributed by atoms with van der Waals surface area (Å²) in [5, 5.41) is 10.2. The van der Waals surface area contributed by atoms with Crippen molar-refractivity contribution in [3.63, 3.8) is 0 Å². The number of methoxy groups -OCH3 is 2. The highest BCUT2D eigenvalue weighted by Crippen LogP contribution is 2.51. The van der Waals surface area contributed by atoms with E-state index < -0.39 is 32.6 Å². The molecule has 12 heteroatoms. The largest absolute Gasteiger partial charge is 0.497 e. The Morgan fingerprint density at radius 3 is 2.09 bits per heavy atom. The smallest absolute Gasteiger partial charge is 0.259 e. The molecule has 0 N–H and O–H groups in total. The summed E-state index contributed by atoms with van der Waals surface area (Å²) in [4.78, 5) is 4.51. The molecule has 2 aromatic heterocycles. The van der Waals surface area contributed by atoms with E-state index in [0.717, 1.165) is 39.1 Å². The van der Waals surface area contributed by atoms with Crippen LogP contribution in [-0.4, -0.2) is 65.9 Å². The van der Waals surface area contributed by atoms with Crippen molar-refractivity contribution in [3.05, 3.63) is 131 Å². The molecule has 3 heterocycles. The third-order valence-electron chi connectivity index (χ3n) is 9.71. The molecule has 10 nitrogen and oxygen atoms in total. The molecule has 5 aromatic rings. The topological polar surface area (TPSA) is 100 Å². The summed E-state index contributed by atoms with van der Waals surface area (Å²) in [7, 11) is 1.73. The summed E-state index contributed by atoms with van der Waals surface area (Å²) in [6.45, 7) is 8.91. The van der Waals surface area contributed by atoms with Gasteiger partial charge in [0.25, 0.3) is 8.53 Å². The Hall–Kier alpha value is -4.24. The number of nitrogens with zero attached hydrogens (tertiary/aromatic N) is 4. The highest BCUT2D eigenvalue weighted by atomic mass is 32.1. The van der Waals surface area contributed by atoms with Crippen LogP contribution in [-0.2, 0) is 24.1 Å². The molecule has 1 saturated heterocycles. The van der Waals surface area contributed by atoms with Crippen LogP contribution in [0.15, 0.2) is 109 Å². The highest BCUT2D eigenvalue weighted by molar-refractivity contribution is 7.71. The third kappa shape index (κ3) is 8.93. The van der Waals surface area contributed by atoms with Gasteiger partial charge in [-0.2, -0.15) is 5.26 Å². The summed E-state index contributed by atoms with van der Waals surface area (Å²) >= 11 is 6.02. The van der Waals surface area contributed by atoms with Crippen molar-refractivity contribution in [2.45, 2.75) is 76.7 Å². The van der Waals surface area contributed by atoms with E-state index in [0.29, 0.717) is 11.1 Å². The van der Waals surface area contributed by atoms with Crippen LogP contribution in [0, 0.1) is 16.0 Å². The zero-order valence-electron chi connectivity index (χ0n) is 32.2. The van der Waals surface area contributed by atoms with Gasteiger partial charge in [-0.1, -0.05) is 66.8 Å². The summed E-state index contributed by atoms with van der Waals surface area (Å²) in [5.41, 5.74) is 2.52. The van der Waals surface area contributed by atoms with E-state index in [2.05, 4.69) is 55.6 Å². The van der Waals surface area contributed by atoms with Crippen LogP contribution in [0.25, 0.3) is 10.9 Å². The van der Waals surface area contributed by atoms with Crippen molar-refractivity contribution < 1.29 is 28.0 Å². The van der Waals surface area contributed by atoms with Gasteiger partial charge in [0, 0.05) is 36.3 Å². The number of hydrogen-bond donors (Lipinski definition) is 0. The minimum atomic E-state index is -1.58. The van der Waals surface area contributed by atoms with Crippen LogP contribution in [0.5, 0.6) is 11.5 Å². The highest BCUT2D eigenvalue weighted by Gasteiger charge is 2.45. The fourth-order valence-electron chi connectivity index (χ4n) is 7.14. The maximum Gasteiger partial charge on any atom is 0.259 e. The maximum atomic E-state index is 9.37. The molecule has 0 saturated carbocycles. The summed E-state index contributed by atoms with van der Waals surface area (Å²) in [6, 6.07) is 34.4. The van der Waals surface area contributed by atoms with E-state index in [1.165, 1.54) is 0 Å². The molecule has 0 bridgehead atoms. The molecule has 55 heavy (non-hydrogen) atoms. The lowest BCUT2D eigenvalue weighted by molar-refractivity contribution is -0.0920. The monoisotopic (exact) mass is 780 g/mol. The lowest BCUT2D eigenvalue weighted by atomic mass is 9.80. The van der Waals surface area contributed by atoms with Gasteiger partial charge in [-0.25, -0.2) is 4.67 Å². The number of aromatic nitrogens is 2. The van der Waals surface area contributed by atoms with Gasteiger partial charge in [-0.3, -0.25) is 4.98 Å². The zero-order valence-corrected chi connectivity index (χ0v) is 33.9. The predicted molar refractivity (Wildman–Crippen MR) is 217 cm³/mol. The van der Waals surface area contributed by atoms with Gasteiger partial charge in [-0.05, 0) is 86.8 Å². The van der Waals surface area contributed by atoms with Crippen LogP contribution in [0.2, 0.25) is 0 Å². The van der Waals surface area contributed by atoms with Crippen molar-refractivity contribution >= 4 is 31.6 Å². The third-order valence-corrected chi connectivity index (χ3v) is 12.3. The first kappa shape index (κ1) is 40.4. The van der Waals surface area contributed by atoms with Crippen molar-refractivity contribution in [2.24, 2.45) is 0 Å². The number of pyridine rings is 2. The molecule has 288 valence electrons. The summed E-state index contributed by atoms with van der Waals surface area (Å²) < 4.78 is 43.7. The molecule has 3 aromatic carbocycles. The molecule has 0 radical (unpaired) electrons. The molecule has 0 aliphatic carbocycles. The Morgan fingerprint density at radius 2 is 1.51 bits per heavy atom. The minimum absolute atomic E-state index is 0.124. The van der Waals surface area contributed by atoms with Gasteiger partial charge in [0.1, 0.15) is 34.1 Å². The number of fused-ring (bicyclic) bond motifs is 1. The molecule has 1 aliphatic rings. The number of benzene rings is 3. The van der Waals surface area contributed by atoms with Gasteiger partial charge in [0.15, 0.2) is 0 Å². The first-order chi connectivity index (χ1) is 26.7. The number of nitriles is 1. The lowest BCUT2D eigenvalue weighted by Crippen LogP contribution is -2.39. The summed E-state index contributed by atoms with van der Waals surface area (Å²) in [6.07, 6.45) is 3.00. The van der Waals surface area contributed by atoms with Crippen molar-refractivity contribution in [1.82, 2.24) is 14.2 Å². The van der Waals surface area contributed by atoms with Gasteiger partial charge in [-0.15, -0.1) is 0 Å². The first-order valence-corrected chi connectivity index (χ1v) is 20.1. The van der Waals surface area contributed by atoms with E-state index in [1.807, 2.05) is 95.7 Å². The normalized spacial score (nSPS) is 17.9. The Labute approximate surface area is 330 Å². The van der Waals surface area contributed by atoms with Gasteiger partial charge in [0.2, 0.25) is 0 Å². The van der Waals surface area contributed by atoms with Crippen LogP contribution in [0.1, 0.15) is 63.5 Å². The fourth-order valence-corrected chi connectivity index (χ4v) is 9.25. The molecule has 1 aliphatic heterocycles. The fraction of sp³-hybridized carbons (Fsp3) is 0.372. The molecule has 0 amide bonds. The van der Waals surface area contributed by atoms with Crippen LogP contribution in [0.3, 0.4) is 0 Å². The van der Waals surface area contributed by atoms with E-state index >= 15 is 0 Å². The van der Waals surface area contributed by atoms with E-state index in [1.54, 1.807) is 20.4 Å². The molecule has 1 fully saturated rings. The molecular formula is C43H49N4O6PS. The molecule has 0 spiro atoms. The molecule has 1 unspecified atom stereocenters. The Bertz CT molecular complexity index is 2040. The number of ether oxygens (including phenoxy) is 4.